The van der Waals surface area contributed by atoms with Crippen molar-refractivity contribution in [2.24, 2.45) is 5.92 Å². The number of aliphatic hydroxyl groups is 1. The van der Waals surface area contributed by atoms with Crippen molar-refractivity contribution in [3.8, 4) is 0 Å². The second-order valence-corrected chi connectivity index (χ2v) is 7.29. The topological polar surface area (TPSA) is 29.5 Å². The van der Waals surface area contributed by atoms with Crippen LogP contribution in [0.15, 0.2) is 0 Å². The summed E-state index contributed by atoms with van der Waals surface area (Å²) in [6, 6.07) is 0. The normalized spacial score (nSPS) is 36.4. The van der Waals surface area contributed by atoms with E-state index >= 15 is 0 Å². The summed E-state index contributed by atoms with van der Waals surface area (Å²) < 4.78 is 6.03. The highest BCUT2D eigenvalue weighted by Crippen LogP contribution is 2.36. The molecule has 0 spiro atoms. The molecule has 2 nitrogen and oxygen atoms in total. The number of rotatable bonds is 2. The lowest BCUT2D eigenvalue weighted by Crippen LogP contribution is -2.40. The van der Waals surface area contributed by atoms with Gasteiger partial charge in [-0.2, -0.15) is 0 Å². The van der Waals surface area contributed by atoms with Crippen molar-refractivity contribution in [1.82, 2.24) is 0 Å². The van der Waals surface area contributed by atoms with Crippen LogP contribution >= 0.6 is 23.5 Å². The van der Waals surface area contributed by atoms with Crippen molar-refractivity contribution in [3.63, 3.8) is 0 Å². The minimum Gasteiger partial charge on any atom is -0.388 e. The van der Waals surface area contributed by atoms with Crippen molar-refractivity contribution < 1.29 is 9.84 Å². The third kappa shape index (κ3) is 3.29. The van der Waals surface area contributed by atoms with Crippen LogP contribution in [0.3, 0.4) is 0 Å². The zero-order valence-electron chi connectivity index (χ0n) is 9.22. The Labute approximate surface area is 101 Å². The van der Waals surface area contributed by atoms with Crippen LogP contribution in [0.1, 0.15) is 26.2 Å². The van der Waals surface area contributed by atoms with E-state index in [1.165, 1.54) is 17.9 Å². The zero-order chi connectivity index (χ0) is 10.7. The van der Waals surface area contributed by atoms with E-state index in [0.717, 1.165) is 19.4 Å². The van der Waals surface area contributed by atoms with E-state index in [9.17, 15) is 5.11 Å². The Hall–Kier alpha value is 0.620. The molecule has 0 amide bonds. The van der Waals surface area contributed by atoms with E-state index in [0.29, 0.717) is 10.5 Å². The first-order valence-electron chi connectivity index (χ1n) is 5.80. The van der Waals surface area contributed by atoms with Crippen molar-refractivity contribution in [3.05, 3.63) is 0 Å². The van der Waals surface area contributed by atoms with Gasteiger partial charge in [-0.25, -0.2) is 0 Å². The highest BCUT2D eigenvalue weighted by Gasteiger charge is 2.33. The molecule has 88 valence electrons. The van der Waals surface area contributed by atoms with Crippen molar-refractivity contribution in [2.75, 3.05) is 18.1 Å². The zero-order valence-corrected chi connectivity index (χ0v) is 10.9. The Morgan fingerprint density at radius 2 is 2.07 bits per heavy atom. The van der Waals surface area contributed by atoms with E-state index in [1.807, 2.05) is 23.5 Å². The fourth-order valence-electron chi connectivity index (χ4n) is 2.12. The summed E-state index contributed by atoms with van der Waals surface area (Å²) in [6.07, 6.45) is 3.26. The van der Waals surface area contributed by atoms with Crippen molar-refractivity contribution >= 4 is 23.5 Å². The Morgan fingerprint density at radius 1 is 1.33 bits per heavy atom. The standard InChI is InChI=1S/C11H20O2S2/c1-8-3-4-13-9(7-8)10(12)11-14-5-2-6-15-11/h8-12H,2-7H2,1H3/t8-,9+,10?/m1/s1. The van der Waals surface area contributed by atoms with Crippen LogP contribution in [0.25, 0.3) is 0 Å². The first-order valence-corrected chi connectivity index (χ1v) is 7.90. The molecule has 1 unspecified atom stereocenters. The third-order valence-electron chi connectivity index (χ3n) is 3.09. The van der Waals surface area contributed by atoms with Gasteiger partial charge in [0.2, 0.25) is 0 Å². The quantitative estimate of drug-likeness (QED) is 0.812. The van der Waals surface area contributed by atoms with Gasteiger partial charge in [-0.3, -0.25) is 0 Å². The van der Waals surface area contributed by atoms with Crippen LogP contribution in [-0.4, -0.2) is 40.0 Å². The summed E-state index contributed by atoms with van der Waals surface area (Å²) >= 11 is 3.80. The molecule has 1 N–H and O–H groups in total. The fourth-order valence-corrected chi connectivity index (χ4v) is 5.10. The Balaban J connectivity index is 1.85. The third-order valence-corrected chi connectivity index (χ3v) is 6.17. The van der Waals surface area contributed by atoms with Crippen LogP contribution in [0, 0.1) is 5.92 Å². The lowest BCUT2D eigenvalue weighted by Gasteiger charge is -2.35. The number of ether oxygens (including phenoxy) is 1. The minimum atomic E-state index is -0.275. The molecule has 0 aliphatic carbocycles. The van der Waals surface area contributed by atoms with Gasteiger partial charge < -0.3 is 9.84 Å². The summed E-state index contributed by atoms with van der Waals surface area (Å²) in [5.41, 5.74) is 0. The smallest absolute Gasteiger partial charge is 0.101 e. The van der Waals surface area contributed by atoms with E-state index < -0.39 is 0 Å². The molecule has 2 heterocycles. The molecule has 0 aromatic heterocycles. The first-order chi connectivity index (χ1) is 7.27. The summed E-state index contributed by atoms with van der Waals surface area (Å²) in [7, 11) is 0. The second kappa shape index (κ2) is 5.80. The molecule has 0 aromatic carbocycles. The van der Waals surface area contributed by atoms with E-state index in [-0.39, 0.29) is 12.2 Å². The van der Waals surface area contributed by atoms with Gasteiger partial charge in [-0.05, 0) is 36.7 Å². The van der Waals surface area contributed by atoms with E-state index in [4.69, 9.17) is 4.74 Å². The molecule has 15 heavy (non-hydrogen) atoms. The lowest BCUT2D eigenvalue weighted by atomic mass is 9.95. The van der Waals surface area contributed by atoms with Gasteiger partial charge >= 0.3 is 0 Å². The van der Waals surface area contributed by atoms with Gasteiger partial charge in [0.15, 0.2) is 0 Å². The SMILES string of the molecule is C[C@@H]1CCO[C@H](C(O)C2SCCCS2)C1. The predicted molar refractivity (Wildman–Crippen MR) is 67.5 cm³/mol. The highest BCUT2D eigenvalue weighted by molar-refractivity contribution is 8.17. The van der Waals surface area contributed by atoms with Gasteiger partial charge in [0, 0.05) is 6.61 Å². The van der Waals surface area contributed by atoms with Crippen LogP contribution in [0.4, 0.5) is 0 Å². The maximum Gasteiger partial charge on any atom is 0.101 e. The minimum absolute atomic E-state index is 0.0804. The molecule has 4 heteroatoms. The molecule has 3 atom stereocenters. The monoisotopic (exact) mass is 248 g/mol. The molecule has 2 rings (SSSR count). The first kappa shape index (κ1) is 12.1. The Morgan fingerprint density at radius 3 is 2.73 bits per heavy atom. The number of thioether (sulfide) groups is 2. The summed E-state index contributed by atoms with van der Waals surface area (Å²) in [5, 5.41) is 10.2. The molecular formula is C11H20O2S2. The van der Waals surface area contributed by atoms with Crippen molar-refractivity contribution in [2.45, 2.75) is 43.0 Å². The molecule has 2 aliphatic heterocycles. The summed E-state index contributed by atoms with van der Waals surface area (Å²) in [4.78, 5) is 0. The molecule has 2 aliphatic rings. The number of hydrogen-bond donors (Lipinski definition) is 1. The van der Waals surface area contributed by atoms with Crippen LogP contribution < -0.4 is 0 Å². The van der Waals surface area contributed by atoms with Crippen LogP contribution in [-0.2, 0) is 4.74 Å². The lowest BCUT2D eigenvalue weighted by molar-refractivity contribution is -0.0695. The molecule has 0 radical (unpaired) electrons. The van der Waals surface area contributed by atoms with Crippen LogP contribution in [0.2, 0.25) is 0 Å². The Bertz CT molecular complexity index is 195. The second-order valence-electron chi connectivity index (χ2n) is 4.49. The largest absolute Gasteiger partial charge is 0.388 e. The molecule has 0 bridgehead atoms. The van der Waals surface area contributed by atoms with Gasteiger partial charge in [-0.1, -0.05) is 6.92 Å². The van der Waals surface area contributed by atoms with Gasteiger partial charge in [-0.15, -0.1) is 23.5 Å². The molecule has 0 aromatic rings. The molecule has 2 saturated heterocycles. The Kier molecular flexibility index (Phi) is 4.68. The number of hydrogen-bond acceptors (Lipinski definition) is 4. The summed E-state index contributed by atoms with van der Waals surface area (Å²) in [5.74, 6) is 3.09. The maximum atomic E-state index is 10.2. The van der Waals surface area contributed by atoms with E-state index in [2.05, 4.69) is 6.92 Å². The fraction of sp³-hybridized carbons (Fsp3) is 1.00. The van der Waals surface area contributed by atoms with Gasteiger partial charge in [0.1, 0.15) is 6.10 Å². The van der Waals surface area contributed by atoms with E-state index in [1.54, 1.807) is 0 Å². The average molecular weight is 248 g/mol. The predicted octanol–water partition coefficient (Wildman–Crippen LogP) is 2.36. The molecule has 0 saturated carbocycles. The van der Waals surface area contributed by atoms with Crippen molar-refractivity contribution in [1.29, 1.82) is 0 Å². The highest BCUT2D eigenvalue weighted by atomic mass is 32.2. The number of aliphatic hydroxyl groups excluding tert-OH is 1. The molecular weight excluding hydrogens is 228 g/mol. The average Bonchev–Trinajstić information content (AvgIpc) is 2.29. The van der Waals surface area contributed by atoms with Gasteiger partial charge in [0.25, 0.3) is 0 Å². The molecule has 2 fully saturated rings. The summed E-state index contributed by atoms with van der Waals surface area (Å²) in [6.45, 7) is 3.08. The van der Waals surface area contributed by atoms with Gasteiger partial charge in [0.05, 0.1) is 10.7 Å². The maximum absolute atomic E-state index is 10.2. The van der Waals surface area contributed by atoms with Crippen LogP contribution in [0.5, 0.6) is 0 Å².